The Balaban J connectivity index is 1.73. The summed E-state index contributed by atoms with van der Waals surface area (Å²) in [7, 11) is 1.61. The normalized spacial score (nSPS) is 20.8. The number of hydrogen-bond donors (Lipinski definition) is 2. The first kappa shape index (κ1) is 13.9. The molecule has 1 saturated heterocycles. The van der Waals surface area contributed by atoms with Gasteiger partial charge in [0.15, 0.2) is 11.5 Å². The fourth-order valence-corrected chi connectivity index (χ4v) is 2.73. The number of fused-ring (bicyclic) bond motifs is 1. The number of para-hydroxylation sites is 1. The first-order valence-corrected chi connectivity index (χ1v) is 7.30. The van der Waals surface area contributed by atoms with E-state index in [0.29, 0.717) is 17.1 Å². The highest BCUT2D eigenvalue weighted by atomic mass is 16.5. The van der Waals surface area contributed by atoms with Gasteiger partial charge in [0.1, 0.15) is 6.61 Å². The summed E-state index contributed by atoms with van der Waals surface area (Å²) in [5.41, 5.74) is 1.54. The van der Waals surface area contributed by atoms with Gasteiger partial charge in [-0.1, -0.05) is 12.1 Å². The third kappa shape index (κ3) is 3.03. The van der Waals surface area contributed by atoms with Crippen molar-refractivity contribution < 1.29 is 14.3 Å². The molecule has 5 nitrogen and oxygen atoms in total. The summed E-state index contributed by atoms with van der Waals surface area (Å²) in [5.74, 6) is 1.35. The summed E-state index contributed by atoms with van der Waals surface area (Å²) in [6.07, 6.45) is 4.00. The predicted molar refractivity (Wildman–Crippen MR) is 80.5 cm³/mol. The van der Waals surface area contributed by atoms with Crippen LogP contribution < -0.4 is 20.1 Å². The van der Waals surface area contributed by atoms with E-state index in [9.17, 15) is 4.79 Å². The molecule has 1 fully saturated rings. The van der Waals surface area contributed by atoms with Gasteiger partial charge in [-0.3, -0.25) is 4.79 Å². The zero-order chi connectivity index (χ0) is 14.7. The molecule has 0 bridgehead atoms. The standard InChI is InChI=1S/C16H20N2O3/c1-20-14-6-2-4-11-8-12(10-21-15(11)14)16(19)18-13-5-3-7-17-9-13/h2,4,6,8,13,17H,3,5,7,9-10H2,1H3,(H,18,19). The van der Waals surface area contributed by atoms with Crippen molar-refractivity contribution in [1.29, 1.82) is 0 Å². The topological polar surface area (TPSA) is 59.6 Å². The van der Waals surface area contributed by atoms with Crippen molar-refractivity contribution in [3.63, 3.8) is 0 Å². The predicted octanol–water partition coefficient (Wildman–Crippen LogP) is 1.34. The van der Waals surface area contributed by atoms with Crippen LogP contribution in [-0.2, 0) is 4.79 Å². The van der Waals surface area contributed by atoms with Crippen LogP contribution in [0.4, 0.5) is 0 Å². The van der Waals surface area contributed by atoms with Crippen molar-refractivity contribution in [2.75, 3.05) is 26.8 Å². The summed E-state index contributed by atoms with van der Waals surface area (Å²) in [4.78, 5) is 12.3. The smallest absolute Gasteiger partial charge is 0.250 e. The molecule has 1 aromatic rings. The Morgan fingerprint density at radius 1 is 1.48 bits per heavy atom. The zero-order valence-electron chi connectivity index (χ0n) is 12.1. The van der Waals surface area contributed by atoms with E-state index in [2.05, 4.69) is 10.6 Å². The van der Waals surface area contributed by atoms with Crippen LogP contribution in [0.1, 0.15) is 18.4 Å². The van der Waals surface area contributed by atoms with E-state index in [-0.39, 0.29) is 18.6 Å². The Morgan fingerprint density at radius 3 is 3.14 bits per heavy atom. The highest BCUT2D eigenvalue weighted by Crippen LogP contribution is 2.35. The summed E-state index contributed by atoms with van der Waals surface area (Å²) >= 11 is 0. The van der Waals surface area contributed by atoms with Crippen molar-refractivity contribution >= 4 is 12.0 Å². The number of rotatable bonds is 3. The zero-order valence-corrected chi connectivity index (χ0v) is 12.1. The maximum Gasteiger partial charge on any atom is 0.250 e. The first-order chi connectivity index (χ1) is 10.3. The van der Waals surface area contributed by atoms with E-state index in [0.717, 1.165) is 31.5 Å². The molecule has 1 atom stereocenters. The highest BCUT2D eigenvalue weighted by Gasteiger charge is 2.22. The van der Waals surface area contributed by atoms with Crippen molar-refractivity contribution in [3.8, 4) is 11.5 Å². The molecular formula is C16H20N2O3. The van der Waals surface area contributed by atoms with Crippen molar-refractivity contribution in [3.05, 3.63) is 29.3 Å². The van der Waals surface area contributed by atoms with Gasteiger partial charge < -0.3 is 20.1 Å². The molecule has 1 unspecified atom stereocenters. The number of piperidine rings is 1. The van der Waals surface area contributed by atoms with Crippen LogP contribution in [0, 0.1) is 0 Å². The molecule has 2 N–H and O–H groups in total. The SMILES string of the molecule is COc1cccc2c1OCC(C(=O)NC1CCCNC1)=C2. The highest BCUT2D eigenvalue weighted by molar-refractivity contribution is 5.99. The number of ether oxygens (including phenoxy) is 2. The molecule has 1 amide bonds. The molecule has 0 spiro atoms. The van der Waals surface area contributed by atoms with Crippen LogP contribution in [0.3, 0.4) is 0 Å². The molecule has 112 valence electrons. The molecular weight excluding hydrogens is 268 g/mol. The largest absolute Gasteiger partial charge is 0.493 e. The number of hydrogen-bond acceptors (Lipinski definition) is 4. The van der Waals surface area contributed by atoms with E-state index >= 15 is 0 Å². The first-order valence-electron chi connectivity index (χ1n) is 7.30. The molecule has 0 aliphatic carbocycles. The molecule has 1 aromatic carbocycles. The van der Waals surface area contributed by atoms with Gasteiger partial charge >= 0.3 is 0 Å². The van der Waals surface area contributed by atoms with Gasteiger partial charge in [-0.2, -0.15) is 0 Å². The molecule has 0 radical (unpaired) electrons. The molecule has 2 aliphatic heterocycles. The third-order valence-electron chi connectivity index (χ3n) is 3.85. The van der Waals surface area contributed by atoms with E-state index in [1.54, 1.807) is 7.11 Å². The van der Waals surface area contributed by atoms with Crippen LogP contribution in [-0.4, -0.2) is 38.8 Å². The van der Waals surface area contributed by atoms with Gasteiger partial charge in [-0.15, -0.1) is 0 Å². The molecule has 3 rings (SSSR count). The monoisotopic (exact) mass is 288 g/mol. The number of benzene rings is 1. The maximum absolute atomic E-state index is 12.3. The minimum absolute atomic E-state index is 0.0443. The fraction of sp³-hybridized carbons (Fsp3) is 0.438. The minimum Gasteiger partial charge on any atom is -0.493 e. The lowest BCUT2D eigenvalue weighted by atomic mass is 10.0. The Kier molecular flexibility index (Phi) is 4.10. The number of nitrogens with one attached hydrogen (secondary N) is 2. The van der Waals surface area contributed by atoms with Gasteiger partial charge in [0, 0.05) is 18.2 Å². The molecule has 21 heavy (non-hydrogen) atoms. The lowest BCUT2D eigenvalue weighted by Gasteiger charge is -2.25. The maximum atomic E-state index is 12.3. The van der Waals surface area contributed by atoms with Crippen LogP contribution in [0.5, 0.6) is 11.5 Å². The van der Waals surface area contributed by atoms with Crippen LogP contribution in [0.25, 0.3) is 6.08 Å². The second-order valence-electron chi connectivity index (χ2n) is 5.35. The van der Waals surface area contributed by atoms with Crippen molar-refractivity contribution in [2.45, 2.75) is 18.9 Å². The average Bonchev–Trinajstić information content (AvgIpc) is 2.54. The summed E-state index contributed by atoms with van der Waals surface area (Å²) in [6, 6.07) is 5.88. The van der Waals surface area contributed by atoms with Crippen molar-refractivity contribution in [2.24, 2.45) is 0 Å². The Hall–Kier alpha value is -2.01. The molecule has 2 aliphatic rings. The molecule has 0 aromatic heterocycles. The Labute approximate surface area is 124 Å². The summed E-state index contributed by atoms with van der Waals surface area (Å²) in [6.45, 7) is 2.15. The van der Waals surface area contributed by atoms with Crippen LogP contribution >= 0.6 is 0 Å². The second kappa shape index (κ2) is 6.18. The van der Waals surface area contributed by atoms with Gasteiger partial charge in [-0.05, 0) is 31.5 Å². The van der Waals surface area contributed by atoms with E-state index in [1.165, 1.54) is 0 Å². The van der Waals surface area contributed by atoms with Crippen LogP contribution in [0.2, 0.25) is 0 Å². The van der Waals surface area contributed by atoms with Gasteiger partial charge in [0.25, 0.3) is 5.91 Å². The number of carbonyl (C=O) groups is 1. The second-order valence-corrected chi connectivity index (χ2v) is 5.35. The van der Waals surface area contributed by atoms with E-state index in [1.807, 2.05) is 24.3 Å². The summed E-state index contributed by atoms with van der Waals surface area (Å²) < 4.78 is 11.0. The lowest BCUT2D eigenvalue weighted by Crippen LogP contribution is -2.46. The lowest BCUT2D eigenvalue weighted by molar-refractivity contribution is -0.118. The number of amides is 1. The van der Waals surface area contributed by atoms with Gasteiger partial charge in [0.2, 0.25) is 0 Å². The van der Waals surface area contributed by atoms with Crippen LogP contribution in [0.15, 0.2) is 23.8 Å². The van der Waals surface area contributed by atoms with Crippen molar-refractivity contribution in [1.82, 2.24) is 10.6 Å². The number of methoxy groups -OCH3 is 1. The minimum atomic E-state index is -0.0443. The Morgan fingerprint density at radius 2 is 2.38 bits per heavy atom. The molecule has 0 saturated carbocycles. The number of carbonyl (C=O) groups excluding carboxylic acids is 1. The van der Waals surface area contributed by atoms with E-state index < -0.39 is 0 Å². The van der Waals surface area contributed by atoms with Gasteiger partial charge in [0.05, 0.1) is 12.7 Å². The van der Waals surface area contributed by atoms with Gasteiger partial charge in [-0.25, -0.2) is 0 Å². The molecule has 5 heteroatoms. The quantitative estimate of drug-likeness (QED) is 0.881. The fourth-order valence-electron chi connectivity index (χ4n) is 2.73. The summed E-state index contributed by atoms with van der Waals surface area (Å²) in [5, 5.41) is 6.36. The molecule has 2 heterocycles. The average molecular weight is 288 g/mol. The van der Waals surface area contributed by atoms with E-state index in [4.69, 9.17) is 9.47 Å². The third-order valence-corrected chi connectivity index (χ3v) is 3.85. The Bertz CT molecular complexity index is 563.